The van der Waals surface area contributed by atoms with Crippen LogP contribution in [0.4, 0.5) is 10.6 Å². The molecule has 0 unspecified atom stereocenters. The molecular weight excluding hydrogens is 510 g/mol. The van der Waals surface area contributed by atoms with Gasteiger partial charge in [0.05, 0.1) is 20.3 Å². The van der Waals surface area contributed by atoms with Crippen molar-refractivity contribution in [3.63, 3.8) is 0 Å². The molecule has 218 valence electrons. The van der Waals surface area contributed by atoms with Crippen molar-refractivity contribution in [2.24, 2.45) is 4.99 Å². The Labute approximate surface area is 237 Å². The summed E-state index contributed by atoms with van der Waals surface area (Å²) >= 11 is 0. The molecule has 1 aliphatic rings. The van der Waals surface area contributed by atoms with Gasteiger partial charge in [-0.2, -0.15) is 0 Å². The number of ether oxygens (including phenoxy) is 3. The first-order chi connectivity index (χ1) is 18.9. The summed E-state index contributed by atoms with van der Waals surface area (Å²) in [6, 6.07) is 3.66. The Hall–Kier alpha value is -3.79. The zero-order valence-electron chi connectivity index (χ0n) is 25.1. The molecule has 0 atom stereocenters. The maximum atomic E-state index is 13.4. The number of hydrogen-bond acceptors (Lipinski definition) is 8. The Morgan fingerprint density at radius 3 is 2.40 bits per heavy atom. The van der Waals surface area contributed by atoms with Crippen molar-refractivity contribution in [2.75, 3.05) is 44.9 Å². The monoisotopic (exact) mass is 553 g/mol. The molecule has 10 nitrogen and oxygen atoms in total. The fourth-order valence-electron chi connectivity index (χ4n) is 3.62. The molecule has 0 saturated carbocycles. The topological polar surface area (TPSA) is 106 Å². The smallest absolute Gasteiger partial charge is 0.416 e. The van der Waals surface area contributed by atoms with Gasteiger partial charge in [0, 0.05) is 36.0 Å². The number of carbonyl (C=O) groups excluding carboxylic acids is 2. The molecule has 0 radical (unpaired) electrons. The number of amides is 2. The van der Waals surface area contributed by atoms with Crippen LogP contribution in [0.3, 0.4) is 0 Å². The van der Waals surface area contributed by atoms with Crippen LogP contribution in [0, 0.1) is 0 Å². The summed E-state index contributed by atoms with van der Waals surface area (Å²) in [7, 11) is 1.54. The molecule has 0 spiro atoms. The van der Waals surface area contributed by atoms with Gasteiger partial charge in [-0.15, -0.1) is 0 Å². The molecule has 3 rings (SSSR count). The number of fused-ring (bicyclic) bond motifs is 1. The van der Waals surface area contributed by atoms with E-state index >= 15 is 0 Å². The predicted molar refractivity (Wildman–Crippen MR) is 159 cm³/mol. The second-order valence-electron chi connectivity index (χ2n) is 10.3. The van der Waals surface area contributed by atoms with E-state index < -0.39 is 11.7 Å². The molecular formula is C30H43N5O5. The van der Waals surface area contributed by atoms with E-state index in [-0.39, 0.29) is 18.3 Å². The molecule has 0 N–H and O–H groups in total. The van der Waals surface area contributed by atoms with E-state index in [1.807, 2.05) is 26.0 Å². The Balaban J connectivity index is 0.00000178. The average molecular weight is 554 g/mol. The van der Waals surface area contributed by atoms with Crippen molar-refractivity contribution in [1.29, 1.82) is 0 Å². The van der Waals surface area contributed by atoms with E-state index in [2.05, 4.69) is 35.4 Å². The zero-order chi connectivity index (χ0) is 29.9. The third-order valence-corrected chi connectivity index (χ3v) is 5.63. The lowest BCUT2D eigenvalue weighted by atomic mass is 10.1. The molecule has 1 aromatic heterocycles. The van der Waals surface area contributed by atoms with Crippen molar-refractivity contribution in [3.8, 4) is 5.75 Å². The van der Waals surface area contributed by atoms with Crippen LogP contribution in [0.15, 0.2) is 47.9 Å². The third-order valence-electron chi connectivity index (χ3n) is 5.63. The Bertz CT molecular complexity index is 1240. The van der Waals surface area contributed by atoms with Gasteiger partial charge in [0.2, 0.25) is 5.91 Å². The molecule has 1 aliphatic heterocycles. The van der Waals surface area contributed by atoms with E-state index in [9.17, 15) is 9.59 Å². The van der Waals surface area contributed by atoms with Gasteiger partial charge in [0.25, 0.3) is 0 Å². The molecule has 0 bridgehead atoms. The van der Waals surface area contributed by atoms with Crippen LogP contribution >= 0.6 is 0 Å². The summed E-state index contributed by atoms with van der Waals surface area (Å²) < 4.78 is 16.6. The van der Waals surface area contributed by atoms with E-state index in [1.54, 1.807) is 45.1 Å². The molecule has 2 heterocycles. The fourth-order valence-corrected chi connectivity index (χ4v) is 3.62. The lowest BCUT2D eigenvalue weighted by Crippen LogP contribution is -2.48. The molecule has 1 aromatic carbocycles. The van der Waals surface area contributed by atoms with Crippen molar-refractivity contribution in [2.45, 2.75) is 60.5 Å². The van der Waals surface area contributed by atoms with Crippen LogP contribution in [-0.2, 0) is 14.3 Å². The van der Waals surface area contributed by atoms with E-state index in [0.717, 1.165) is 11.1 Å². The maximum absolute atomic E-state index is 13.4. The molecule has 1 fully saturated rings. The van der Waals surface area contributed by atoms with Crippen molar-refractivity contribution < 1.29 is 23.8 Å². The molecule has 40 heavy (non-hydrogen) atoms. The number of methoxy groups -OCH3 is 1. The number of morpholine rings is 1. The number of carbonyl (C=O) groups is 2. The summed E-state index contributed by atoms with van der Waals surface area (Å²) in [5, 5.41) is 0.524. The lowest BCUT2D eigenvalue weighted by molar-refractivity contribution is -0.133. The number of rotatable bonds is 7. The summed E-state index contributed by atoms with van der Waals surface area (Å²) in [4.78, 5) is 42.8. The first kappa shape index (κ1) is 32.4. The van der Waals surface area contributed by atoms with Gasteiger partial charge in [0.15, 0.2) is 0 Å². The van der Waals surface area contributed by atoms with Gasteiger partial charge in [-0.1, -0.05) is 32.9 Å². The van der Waals surface area contributed by atoms with Gasteiger partial charge >= 0.3 is 6.09 Å². The second kappa shape index (κ2) is 15.1. The van der Waals surface area contributed by atoms with Crippen molar-refractivity contribution >= 4 is 34.4 Å². The van der Waals surface area contributed by atoms with E-state index in [0.29, 0.717) is 48.7 Å². The summed E-state index contributed by atoms with van der Waals surface area (Å²) in [5.41, 5.74) is 2.09. The number of benzene rings is 1. The predicted octanol–water partition coefficient (Wildman–Crippen LogP) is 5.55. The number of anilines is 1. The van der Waals surface area contributed by atoms with Crippen molar-refractivity contribution in [1.82, 2.24) is 14.9 Å². The van der Waals surface area contributed by atoms with Gasteiger partial charge in [-0.05, 0) is 52.3 Å². The Morgan fingerprint density at radius 2 is 1.82 bits per heavy atom. The molecule has 2 amide bonds. The van der Waals surface area contributed by atoms with Gasteiger partial charge in [-0.3, -0.25) is 14.7 Å². The quantitative estimate of drug-likeness (QED) is 0.327. The highest BCUT2D eigenvalue weighted by Gasteiger charge is 2.30. The number of aliphatic imine (C=N–C) groups is 1. The molecule has 10 heteroatoms. The highest BCUT2D eigenvalue weighted by atomic mass is 16.6. The molecule has 0 aliphatic carbocycles. The number of nitrogens with zero attached hydrogens (tertiary/aromatic N) is 5. The van der Waals surface area contributed by atoms with E-state index in [4.69, 9.17) is 14.2 Å². The number of hydrogen-bond donors (Lipinski definition) is 0. The lowest BCUT2D eigenvalue weighted by Gasteiger charge is -2.31. The fraction of sp³-hybridized carbons (Fsp3) is 0.500. The maximum Gasteiger partial charge on any atom is 0.416 e. The van der Waals surface area contributed by atoms with Crippen LogP contribution < -0.4 is 9.64 Å². The van der Waals surface area contributed by atoms with Crippen LogP contribution in [0.2, 0.25) is 0 Å². The third kappa shape index (κ3) is 9.15. The minimum atomic E-state index is -0.776. The van der Waals surface area contributed by atoms with Crippen LogP contribution in [0.25, 0.3) is 10.9 Å². The largest absolute Gasteiger partial charge is 0.494 e. The number of allylic oxidation sites excluding steroid dienone is 2. The second-order valence-corrected chi connectivity index (χ2v) is 10.3. The normalized spacial score (nSPS) is 14.2. The minimum absolute atomic E-state index is 0.230. The van der Waals surface area contributed by atoms with Gasteiger partial charge in [-0.25, -0.2) is 14.8 Å². The Kier molecular flexibility index (Phi) is 12.3. The van der Waals surface area contributed by atoms with Gasteiger partial charge < -0.3 is 19.1 Å². The Morgan fingerprint density at radius 1 is 1.18 bits per heavy atom. The van der Waals surface area contributed by atoms with E-state index in [1.165, 1.54) is 17.6 Å². The molecule has 1 saturated heterocycles. The summed E-state index contributed by atoms with van der Waals surface area (Å²) in [5.74, 6) is 0.497. The highest BCUT2D eigenvalue weighted by Crippen LogP contribution is 2.32. The first-order valence-corrected chi connectivity index (χ1v) is 13.5. The highest BCUT2D eigenvalue weighted by molar-refractivity contribution is 6.08. The van der Waals surface area contributed by atoms with Crippen LogP contribution in [-0.4, -0.2) is 78.1 Å². The zero-order valence-corrected chi connectivity index (χ0v) is 25.1. The van der Waals surface area contributed by atoms with Crippen LogP contribution in [0.1, 0.15) is 60.5 Å². The minimum Gasteiger partial charge on any atom is -0.494 e. The number of aromatic nitrogens is 2. The summed E-state index contributed by atoms with van der Waals surface area (Å²) in [6.07, 6.45) is 5.34. The first-order valence-electron chi connectivity index (χ1n) is 13.5. The average Bonchev–Trinajstić information content (AvgIpc) is 2.93. The standard InChI is InChI=1S/C27H35N5O5.C3H8/c1-8-18(2)15-28-19(3)20-13-21-24(22(14-20)35-7)29-17-30-25(21)32(26(34)37-27(4,5)6)16-23(33)31-9-11-36-12-10-31;1-3-2/h8,13-15,17H,1,9-12,16H2,2-7H3;3H2,1-2H3/b18-15-,28-19?;. The summed E-state index contributed by atoms with van der Waals surface area (Å²) in [6.45, 7) is 18.6. The SMILES string of the molecule is C=C/C(C)=C\N=C(C)c1cc(OC)c2ncnc(N(CC(=O)N3CCOCC3)C(=O)OC(C)(C)C)c2c1.CCC. The van der Waals surface area contributed by atoms with Crippen molar-refractivity contribution in [3.05, 3.63) is 48.5 Å². The van der Waals surface area contributed by atoms with Gasteiger partial charge in [0.1, 0.15) is 35.6 Å². The molecule has 2 aromatic rings. The van der Waals surface area contributed by atoms with Crippen LogP contribution in [0.5, 0.6) is 5.75 Å².